The minimum atomic E-state index is -0.221. The molecule has 2 N–H and O–H groups in total. The fourth-order valence-corrected chi connectivity index (χ4v) is 4.15. The van der Waals surface area contributed by atoms with E-state index in [1.165, 1.54) is 22.5 Å². The van der Waals surface area contributed by atoms with Crippen LogP contribution in [0.2, 0.25) is 0 Å². The van der Waals surface area contributed by atoms with Gasteiger partial charge in [0.15, 0.2) is 0 Å². The molecule has 134 valence electrons. The molecule has 1 unspecified atom stereocenters. The summed E-state index contributed by atoms with van der Waals surface area (Å²) in [5.41, 5.74) is 10.7. The van der Waals surface area contributed by atoms with Crippen molar-refractivity contribution in [3.05, 3.63) is 65.7 Å². The van der Waals surface area contributed by atoms with E-state index in [9.17, 15) is 4.79 Å². The molecule has 0 bridgehead atoms. The first-order chi connectivity index (χ1) is 12.7. The maximum absolute atomic E-state index is 11.4. The number of para-hydroxylation sites is 1. The van der Waals surface area contributed by atoms with Gasteiger partial charge in [-0.2, -0.15) is 0 Å². The number of rotatable bonds is 5. The predicted octanol–water partition coefficient (Wildman–Crippen LogP) is 3.22. The first-order valence-corrected chi connectivity index (χ1v) is 9.36. The molecular weight excluding hydrogens is 322 g/mol. The lowest BCUT2D eigenvalue weighted by Crippen LogP contribution is -2.54. The average Bonchev–Trinajstić information content (AvgIpc) is 3.16. The molecular formula is C22H25N3O. The summed E-state index contributed by atoms with van der Waals surface area (Å²) in [6, 6.07) is 17.3. The van der Waals surface area contributed by atoms with Crippen molar-refractivity contribution in [2.75, 3.05) is 29.4 Å². The zero-order chi connectivity index (χ0) is 17.9. The van der Waals surface area contributed by atoms with Gasteiger partial charge in [-0.05, 0) is 42.2 Å². The molecule has 0 spiro atoms. The number of hydrogen-bond acceptors (Lipinski definition) is 3. The second kappa shape index (κ2) is 7.24. The molecule has 1 fully saturated rings. The van der Waals surface area contributed by atoms with Gasteiger partial charge in [0, 0.05) is 43.5 Å². The number of amides is 1. The van der Waals surface area contributed by atoms with Gasteiger partial charge in [-0.25, -0.2) is 0 Å². The van der Waals surface area contributed by atoms with E-state index < -0.39 is 0 Å². The van der Waals surface area contributed by atoms with Crippen LogP contribution in [0.4, 0.5) is 11.4 Å². The zero-order valence-corrected chi connectivity index (χ0v) is 15.0. The Balaban J connectivity index is 1.60. The summed E-state index contributed by atoms with van der Waals surface area (Å²) in [6.07, 6.45) is 6.64. The van der Waals surface area contributed by atoms with Crippen molar-refractivity contribution < 1.29 is 4.79 Å². The molecule has 1 amide bonds. The van der Waals surface area contributed by atoms with E-state index in [0.717, 1.165) is 32.5 Å². The number of allylic oxidation sites excluding steroid dienone is 1. The third kappa shape index (κ3) is 3.32. The number of hydrogen-bond donors (Lipinski definition) is 1. The van der Waals surface area contributed by atoms with Crippen molar-refractivity contribution in [1.29, 1.82) is 0 Å². The number of primary amides is 1. The lowest BCUT2D eigenvalue weighted by atomic mass is 10.0. The van der Waals surface area contributed by atoms with Gasteiger partial charge in [-0.1, -0.05) is 42.5 Å². The molecule has 1 aliphatic carbocycles. The van der Waals surface area contributed by atoms with Crippen LogP contribution in [0.1, 0.15) is 24.0 Å². The lowest BCUT2D eigenvalue weighted by Gasteiger charge is -2.44. The third-order valence-electron chi connectivity index (χ3n) is 5.44. The minimum Gasteiger partial charge on any atom is -0.370 e. The third-order valence-corrected chi connectivity index (χ3v) is 5.44. The molecule has 2 aromatic carbocycles. The molecule has 26 heavy (non-hydrogen) atoms. The van der Waals surface area contributed by atoms with Crippen LogP contribution in [0.25, 0.3) is 6.08 Å². The summed E-state index contributed by atoms with van der Waals surface area (Å²) in [5.74, 6) is -0.221. The number of benzene rings is 2. The summed E-state index contributed by atoms with van der Waals surface area (Å²) in [5, 5.41) is 0. The smallest absolute Gasteiger partial charge is 0.217 e. The van der Waals surface area contributed by atoms with Gasteiger partial charge in [-0.3, -0.25) is 4.79 Å². The first-order valence-electron chi connectivity index (χ1n) is 9.36. The molecule has 2 aromatic rings. The van der Waals surface area contributed by atoms with Crippen LogP contribution in [-0.4, -0.2) is 31.6 Å². The lowest BCUT2D eigenvalue weighted by molar-refractivity contribution is -0.118. The van der Waals surface area contributed by atoms with E-state index in [1.807, 2.05) is 6.07 Å². The molecule has 4 nitrogen and oxygen atoms in total. The van der Waals surface area contributed by atoms with Crippen molar-refractivity contribution in [1.82, 2.24) is 0 Å². The number of carbonyl (C=O) groups excluding carboxylic acids is 1. The molecule has 0 saturated carbocycles. The van der Waals surface area contributed by atoms with Crippen molar-refractivity contribution in [2.24, 2.45) is 5.73 Å². The Morgan fingerprint density at radius 1 is 1.08 bits per heavy atom. The van der Waals surface area contributed by atoms with Gasteiger partial charge in [-0.15, -0.1) is 0 Å². The average molecular weight is 347 g/mol. The maximum Gasteiger partial charge on any atom is 0.217 e. The Kier molecular flexibility index (Phi) is 4.65. The maximum atomic E-state index is 11.4. The SMILES string of the molecule is NC(=O)CCC1CN(c2ccccc2)CCN1c1cccc2c1CC=C2. The van der Waals surface area contributed by atoms with Gasteiger partial charge in [0.05, 0.1) is 0 Å². The van der Waals surface area contributed by atoms with Gasteiger partial charge in [0.1, 0.15) is 0 Å². The van der Waals surface area contributed by atoms with Crippen LogP contribution in [0.3, 0.4) is 0 Å². The van der Waals surface area contributed by atoms with Gasteiger partial charge >= 0.3 is 0 Å². The van der Waals surface area contributed by atoms with Crippen molar-refractivity contribution in [3.63, 3.8) is 0 Å². The van der Waals surface area contributed by atoms with Crippen LogP contribution in [0.5, 0.6) is 0 Å². The summed E-state index contributed by atoms with van der Waals surface area (Å²) >= 11 is 0. The number of piperazine rings is 1. The van der Waals surface area contributed by atoms with E-state index in [4.69, 9.17) is 5.73 Å². The topological polar surface area (TPSA) is 49.6 Å². The fraction of sp³-hybridized carbons (Fsp3) is 0.318. The number of fused-ring (bicyclic) bond motifs is 1. The number of nitrogens with zero attached hydrogens (tertiary/aromatic N) is 2. The Labute approximate surface area is 154 Å². The quantitative estimate of drug-likeness (QED) is 0.903. The van der Waals surface area contributed by atoms with E-state index >= 15 is 0 Å². The Morgan fingerprint density at radius 2 is 1.92 bits per heavy atom. The Morgan fingerprint density at radius 3 is 2.73 bits per heavy atom. The second-order valence-corrected chi connectivity index (χ2v) is 7.09. The van der Waals surface area contributed by atoms with Crippen LogP contribution in [-0.2, 0) is 11.2 Å². The molecule has 1 atom stereocenters. The summed E-state index contributed by atoms with van der Waals surface area (Å²) in [7, 11) is 0. The molecule has 4 rings (SSSR count). The number of nitrogens with two attached hydrogens (primary N) is 1. The van der Waals surface area contributed by atoms with Crippen LogP contribution < -0.4 is 15.5 Å². The largest absolute Gasteiger partial charge is 0.370 e. The summed E-state index contributed by atoms with van der Waals surface area (Å²) < 4.78 is 0. The standard InChI is InChI=1S/C22H25N3O/c23-22(26)13-12-19-16-24(18-8-2-1-3-9-18)14-15-25(19)21-11-5-7-17-6-4-10-20(17)21/h1-9,11,19H,10,12-16H2,(H2,23,26). The molecule has 0 aromatic heterocycles. The van der Waals surface area contributed by atoms with Crippen molar-refractivity contribution in [3.8, 4) is 0 Å². The van der Waals surface area contributed by atoms with E-state index in [0.29, 0.717) is 6.42 Å². The van der Waals surface area contributed by atoms with Crippen LogP contribution in [0, 0.1) is 0 Å². The summed E-state index contributed by atoms with van der Waals surface area (Å²) in [6.45, 7) is 2.84. The summed E-state index contributed by atoms with van der Waals surface area (Å²) in [4.78, 5) is 16.3. The molecule has 1 aliphatic heterocycles. The van der Waals surface area contributed by atoms with Gasteiger partial charge in [0.25, 0.3) is 0 Å². The minimum absolute atomic E-state index is 0.221. The zero-order valence-electron chi connectivity index (χ0n) is 15.0. The highest BCUT2D eigenvalue weighted by Gasteiger charge is 2.29. The highest BCUT2D eigenvalue weighted by Crippen LogP contribution is 2.33. The van der Waals surface area contributed by atoms with E-state index in [-0.39, 0.29) is 11.9 Å². The highest BCUT2D eigenvalue weighted by molar-refractivity contribution is 5.74. The molecule has 4 heteroatoms. The second-order valence-electron chi connectivity index (χ2n) is 7.09. The van der Waals surface area contributed by atoms with E-state index in [2.05, 4.69) is 64.4 Å². The molecule has 1 saturated heterocycles. The predicted molar refractivity (Wildman–Crippen MR) is 107 cm³/mol. The molecule has 0 radical (unpaired) electrons. The molecule has 1 heterocycles. The Bertz CT molecular complexity index is 815. The number of anilines is 2. The van der Waals surface area contributed by atoms with E-state index in [1.54, 1.807) is 0 Å². The van der Waals surface area contributed by atoms with Gasteiger partial charge in [0.2, 0.25) is 5.91 Å². The van der Waals surface area contributed by atoms with Gasteiger partial charge < -0.3 is 15.5 Å². The van der Waals surface area contributed by atoms with Crippen molar-refractivity contribution in [2.45, 2.75) is 25.3 Å². The first kappa shape index (κ1) is 16.7. The van der Waals surface area contributed by atoms with Crippen LogP contribution >= 0.6 is 0 Å². The monoisotopic (exact) mass is 347 g/mol. The van der Waals surface area contributed by atoms with Crippen molar-refractivity contribution >= 4 is 23.4 Å². The highest BCUT2D eigenvalue weighted by atomic mass is 16.1. The van der Waals surface area contributed by atoms with Crippen LogP contribution in [0.15, 0.2) is 54.6 Å². The Hall–Kier alpha value is -2.75. The molecule has 2 aliphatic rings. The fourth-order valence-electron chi connectivity index (χ4n) is 4.15. The normalized spacial score (nSPS) is 18.8. The number of carbonyl (C=O) groups is 1.